The number of amides is 1. The van der Waals surface area contributed by atoms with Crippen LogP contribution in [0.2, 0.25) is 0 Å². The van der Waals surface area contributed by atoms with E-state index in [1.54, 1.807) is 9.58 Å². The number of carbonyl (C=O) groups is 1. The van der Waals surface area contributed by atoms with Gasteiger partial charge in [0.25, 0.3) is 0 Å². The Morgan fingerprint density at radius 1 is 1.42 bits per heavy atom. The van der Waals surface area contributed by atoms with Gasteiger partial charge in [-0.2, -0.15) is 13.9 Å². The molecular formula is C16H21F2N7O. The van der Waals surface area contributed by atoms with Crippen LogP contribution in [0, 0.1) is 5.92 Å². The molecule has 3 heterocycles. The fourth-order valence-corrected chi connectivity index (χ4v) is 3.02. The van der Waals surface area contributed by atoms with Gasteiger partial charge in [0, 0.05) is 50.2 Å². The van der Waals surface area contributed by atoms with Crippen molar-refractivity contribution in [3.8, 4) is 0 Å². The maximum atomic E-state index is 12.5. The fourth-order valence-electron chi connectivity index (χ4n) is 3.02. The summed E-state index contributed by atoms with van der Waals surface area (Å²) in [6.07, 6.45) is 9.14. The molecule has 2 aromatic heterocycles. The fraction of sp³-hybridized carbons (Fsp3) is 0.500. The molecule has 0 aromatic carbocycles. The molecule has 1 aliphatic heterocycles. The largest absolute Gasteiger partial charge is 0.339 e. The van der Waals surface area contributed by atoms with Crippen LogP contribution in [0.3, 0.4) is 0 Å². The summed E-state index contributed by atoms with van der Waals surface area (Å²) in [4.78, 5) is 14.1. The van der Waals surface area contributed by atoms with Gasteiger partial charge in [0.15, 0.2) is 0 Å². The standard InChI is InChI=1S/C16H21F2N7O/c17-16(18)25-10-12(7-20-25)3-4-15(26)23-5-1-2-13(8-23)9-24-11-14(6-19)21-22-24/h3-4,7,10-11,13,16H,1-2,5-6,8-9,19H2/b4-3+/t13-/m1/s1. The van der Waals surface area contributed by atoms with Crippen molar-refractivity contribution in [2.75, 3.05) is 13.1 Å². The zero-order chi connectivity index (χ0) is 18.5. The van der Waals surface area contributed by atoms with Crippen LogP contribution in [0.4, 0.5) is 8.78 Å². The van der Waals surface area contributed by atoms with E-state index in [-0.39, 0.29) is 11.8 Å². The van der Waals surface area contributed by atoms with E-state index in [0.29, 0.717) is 36.4 Å². The summed E-state index contributed by atoms with van der Waals surface area (Å²) in [7, 11) is 0. The van der Waals surface area contributed by atoms with Gasteiger partial charge in [-0.3, -0.25) is 9.48 Å². The first-order valence-electron chi connectivity index (χ1n) is 8.43. The molecule has 2 N–H and O–H groups in total. The Hall–Kier alpha value is -2.62. The van der Waals surface area contributed by atoms with Crippen LogP contribution in [0.5, 0.6) is 0 Å². The molecular weight excluding hydrogens is 344 g/mol. The molecule has 1 saturated heterocycles. The smallest absolute Gasteiger partial charge is 0.333 e. The van der Waals surface area contributed by atoms with Gasteiger partial charge in [-0.15, -0.1) is 5.10 Å². The highest BCUT2D eigenvalue weighted by molar-refractivity contribution is 5.91. The lowest BCUT2D eigenvalue weighted by atomic mass is 9.98. The molecule has 1 aliphatic rings. The van der Waals surface area contributed by atoms with Gasteiger partial charge in [0.2, 0.25) is 5.91 Å². The van der Waals surface area contributed by atoms with E-state index in [0.717, 1.165) is 18.5 Å². The number of nitrogens with zero attached hydrogens (tertiary/aromatic N) is 6. The summed E-state index contributed by atoms with van der Waals surface area (Å²) in [5, 5.41) is 11.5. The number of piperidine rings is 1. The van der Waals surface area contributed by atoms with E-state index in [2.05, 4.69) is 15.4 Å². The summed E-state index contributed by atoms with van der Waals surface area (Å²) in [6, 6.07) is 0. The second-order valence-corrected chi connectivity index (χ2v) is 6.29. The van der Waals surface area contributed by atoms with E-state index >= 15 is 0 Å². The van der Waals surface area contributed by atoms with E-state index in [9.17, 15) is 13.6 Å². The summed E-state index contributed by atoms with van der Waals surface area (Å²) in [5.74, 6) is 0.149. The van der Waals surface area contributed by atoms with Crippen molar-refractivity contribution < 1.29 is 13.6 Å². The number of hydrogen-bond acceptors (Lipinski definition) is 5. The van der Waals surface area contributed by atoms with Crippen molar-refractivity contribution in [1.82, 2.24) is 29.7 Å². The minimum absolute atomic E-state index is 0.138. The minimum Gasteiger partial charge on any atom is -0.339 e. The molecule has 1 atom stereocenters. The number of aromatic nitrogens is 5. The quantitative estimate of drug-likeness (QED) is 0.778. The van der Waals surface area contributed by atoms with E-state index in [1.807, 2.05) is 6.20 Å². The molecule has 0 saturated carbocycles. The molecule has 0 aliphatic carbocycles. The van der Waals surface area contributed by atoms with Crippen molar-refractivity contribution in [1.29, 1.82) is 0 Å². The number of alkyl halides is 2. The molecule has 3 rings (SSSR count). The number of rotatable bonds is 6. The predicted molar refractivity (Wildman–Crippen MR) is 89.7 cm³/mol. The molecule has 1 fully saturated rings. The molecule has 2 aromatic rings. The molecule has 26 heavy (non-hydrogen) atoms. The van der Waals surface area contributed by atoms with Crippen LogP contribution in [0.25, 0.3) is 6.08 Å². The number of likely N-dealkylation sites (tertiary alicyclic amines) is 1. The van der Waals surface area contributed by atoms with Crippen molar-refractivity contribution in [3.63, 3.8) is 0 Å². The lowest BCUT2D eigenvalue weighted by Gasteiger charge is -2.32. The Kier molecular flexibility index (Phi) is 5.71. The van der Waals surface area contributed by atoms with Gasteiger partial charge in [0.05, 0.1) is 11.9 Å². The average molecular weight is 365 g/mol. The Morgan fingerprint density at radius 2 is 2.27 bits per heavy atom. The van der Waals surface area contributed by atoms with E-state index < -0.39 is 6.55 Å². The topological polar surface area (TPSA) is 94.9 Å². The van der Waals surface area contributed by atoms with Crippen molar-refractivity contribution in [2.45, 2.75) is 32.5 Å². The highest BCUT2D eigenvalue weighted by atomic mass is 19.3. The van der Waals surface area contributed by atoms with Crippen LogP contribution >= 0.6 is 0 Å². The highest BCUT2D eigenvalue weighted by Gasteiger charge is 2.23. The zero-order valence-electron chi connectivity index (χ0n) is 14.2. The normalized spacial score (nSPS) is 18.2. The highest BCUT2D eigenvalue weighted by Crippen LogP contribution is 2.19. The number of halogens is 2. The average Bonchev–Trinajstić information content (AvgIpc) is 3.29. The van der Waals surface area contributed by atoms with E-state index in [1.165, 1.54) is 24.5 Å². The van der Waals surface area contributed by atoms with E-state index in [4.69, 9.17) is 5.73 Å². The molecule has 0 spiro atoms. The molecule has 0 bridgehead atoms. The molecule has 10 heteroatoms. The first-order chi connectivity index (χ1) is 12.5. The van der Waals surface area contributed by atoms with Crippen LogP contribution in [-0.4, -0.2) is 48.7 Å². The molecule has 0 unspecified atom stereocenters. The van der Waals surface area contributed by atoms with Crippen LogP contribution in [0.15, 0.2) is 24.7 Å². The van der Waals surface area contributed by atoms with Gasteiger partial charge in [0.1, 0.15) is 0 Å². The lowest BCUT2D eigenvalue weighted by Crippen LogP contribution is -2.40. The van der Waals surface area contributed by atoms with Crippen LogP contribution in [0.1, 0.15) is 30.6 Å². The van der Waals surface area contributed by atoms with Gasteiger partial charge < -0.3 is 10.6 Å². The SMILES string of the molecule is NCc1cn(C[C@@H]2CCCN(C(=O)/C=C/c3cnn(C(F)F)c3)C2)nn1. The van der Waals surface area contributed by atoms with Gasteiger partial charge in [-0.1, -0.05) is 5.21 Å². The Labute approximate surface area is 149 Å². The number of hydrogen-bond donors (Lipinski definition) is 1. The summed E-state index contributed by atoms with van der Waals surface area (Å²) < 4.78 is 27.3. The predicted octanol–water partition coefficient (Wildman–Crippen LogP) is 1.28. The summed E-state index contributed by atoms with van der Waals surface area (Å²) in [6.45, 7) is -0.352. The minimum atomic E-state index is -2.69. The molecule has 8 nitrogen and oxygen atoms in total. The van der Waals surface area contributed by atoms with Crippen molar-refractivity contribution >= 4 is 12.0 Å². The first-order valence-corrected chi connectivity index (χ1v) is 8.43. The Bertz CT molecular complexity index is 770. The second kappa shape index (κ2) is 8.17. The third kappa shape index (κ3) is 4.51. The third-order valence-corrected chi connectivity index (χ3v) is 4.31. The number of nitrogens with two attached hydrogens (primary N) is 1. The van der Waals surface area contributed by atoms with Crippen molar-refractivity contribution in [2.24, 2.45) is 11.7 Å². The molecule has 140 valence electrons. The molecule has 1 amide bonds. The first kappa shape index (κ1) is 18.2. The van der Waals surface area contributed by atoms with Gasteiger partial charge >= 0.3 is 6.55 Å². The van der Waals surface area contributed by atoms with Crippen LogP contribution in [-0.2, 0) is 17.9 Å². The van der Waals surface area contributed by atoms with Crippen molar-refractivity contribution in [3.05, 3.63) is 35.9 Å². The Balaban J connectivity index is 1.55. The maximum Gasteiger partial charge on any atom is 0.333 e. The zero-order valence-corrected chi connectivity index (χ0v) is 14.2. The summed E-state index contributed by atoms with van der Waals surface area (Å²) in [5.41, 5.74) is 6.73. The second-order valence-electron chi connectivity index (χ2n) is 6.29. The van der Waals surface area contributed by atoms with Gasteiger partial charge in [-0.25, -0.2) is 4.68 Å². The third-order valence-electron chi connectivity index (χ3n) is 4.31. The maximum absolute atomic E-state index is 12.5. The lowest BCUT2D eigenvalue weighted by molar-refractivity contribution is -0.127. The summed E-state index contributed by atoms with van der Waals surface area (Å²) >= 11 is 0. The molecule has 0 radical (unpaired) electrons. The van der Waals surface area contributed by atoms with Crippen LogP contribution < -0.4 is 5.73 Å². The monoisotopic (exact) mass is 365 g/mol. The number of carbonyl (C=O) groups excluding carboxylic acids is 1. The Morgan fingerprint density at radius 3 is 2.96 bits per heavy atom. The van der Waals surface area contributed by atoms with Gasteiger partial charge in [-0.05, 0) is 24.8 Å².